The standard InChI is InChI=1S/C38H23N3O/c1-2-12-24(13-3-1)35-31-18-6-9-19-32(31)39-38(40-35)41-33-20-10-7-16-27(33)29-22-23-30-26-15-5-4-14-25(26)28-17-8-11-21-34(28)42-37(30)36(29)41/h1-23H. The van der Waals surface area contributed by atoms with E-state index in [1.54, 1.807) is 0 Å². The van der Waals surface area contributed by atoms with Crippen LogP contribution in [-0.4, -0.2) is 14.5 Å². The van der Waals surface area contributed by atoms with Gasteiger partial charge in [0.05, 0.1) is 16.7 Å². The molecule has 0 bridgehead atoms. The van der Waals surface area contributed by atoms with Crippen LogP contribution >= 0.6 is 0 Å². The lowest BCUT2D eigenvalue weighted by Gasteiger charge is -2.15. The molecule has 0 unspecified atom stereocenters. The maximum atomic E-state index is 6.92. The zero-order valence-corrected chi connectivity index (χ0v) is 22.5. The monoisotopic (exact) mass is 537 g/mol. The molecular formula is C38H23N3O. The van der Waals surface area contributed by atoms with E-state index >= 15 is 0 Å². The van der Waals surface area contributed by atoms with Crippen LogP contribution in [-0.2, 0) is 0 Å². The van der Waals surface area contributed by atoms with Crippen molar-refractivity contribution < 1.29 is 4.74 Å². The topological polar surface area (TPSA) is 39.9 Å². The number of hydrogen-bond donors (Lipinski definition) is 0. The molecule has 4 heteroatoms. The maximum Gasteiger partial charge on any atom is 0.235 e. The van der Waals surface area contributed by atoms with Gasteiger partial charge in [-0.2, -0.15) is 0 Å². The molecule has 0 radical (unpaired) electrons. The minimum Gasteiger partial charge on any atom is -0.454 e. The van der Waals surface area contributed by atoms with Crippen LogP contribution < -0.4 is 4.74 Å². The van der Waals surface area contributed by atoms with Gasteiger partial charge in [-0.05, 0) is 35.4 Å². The Hall–Kier alpha value is -5.74. The van der Waals surface area contributed by atoms with E-state index in [0.29, 0.717) is 5.95 Å². The fourth-order valence-electron chi connectivity index (χ4n) is 6.37. The van der Waals surface area contributed by atoms with Crippen molar-refractivity contribution in [2.24, 2.45) is 0 Å². The van der Waals surface area contributed by atoms with Crippen molar-refractivity contribution in [3.63, 3.8) is 0 Å². The zero-order chi connectivity index (χ0) is 27.6. The summed E-state index contributed by atoms with van der Waals surface area (Å²) < 4.78 is 9.10. The van der Waals surface area contributed by atoms with Crippen molar-refractivity contribution in [3.8, 4) is 51.0 Å². The van der Waals surface area contributed by atoms with Crippen molar-refractivity contribution in [2.45, 2.75) is 0 Å². The average molecular weight is 538 g/mol. The second-order valence-corrected chi connectivity index (χ2v) is 10.6. The highest BCUT2D eigenvalue weighted by atomic mass is 16.5. The lowest BCUT2D eigenvalue weighted by atomic mass is 9.94. The molecule has 1 aliphatic rings. The molecule has 0 saturated heterocycles. The lowest BCUT2D eigenvalue weighted by Crippen LogP contribution is -2.04. The molecule has 0 N–H and O–H groups in total. The fourth-order valence-corrected chi connectivity index (χ4v) is 6.37. The van der Waals surface area contributed by atoms with Gasteiger partial charge in [-0.15, -0.1) is 0 Å². The third-order valence-electron chi connectivity index (χ3n) is 8.24. The Bertz CT molecular complexity index is 2340. The first-order valence-corrected chi connectivity index (χ1v) is 14.1. The summed E-state index contributed by atoms with van der Waals surface area (Å²) in [5, 5.41) is 3.24. The highest BCUT2D eigenvalue weighted by molar-refractivity contribution is 6.14. The number of benzene rings is 6. The van der Waals surface area contributed by atoms with Gasteiger partial charge in [-0.25, -0.2) is 9.97 Å². The van der Waals surface area contributed by atoms with Crippen LogP contribution in [0.15, 0.2) is 140 Å². The summed E-state index contributed by atoms with van der Waals surface area (Å²) in [5.41, 5.74) is 9.25. The van der Waals surface area contributed by atoms with Gasteiger partial charge in [-0.1, -0.05) is 115 Å². The summed E-state index contributed by atoms with van der Waals surface area (Å²) in [4.78, 5) is 10.4. The Kier molecular flexibility index (Phi) is 4.87. The average Bonchev–Trinajstić information content (AvgIpc) is 3.32. The number of aromatic nitrogens is 3. The second kappa shape index (κ2) is 8.88. The predicted molar refractivity (Wildman–Crippen MR) is 170 cm³/mol. The molecule has 4 nitrogen and oxygen atoms in total. The number of hydrogen-bond acceptors (Lipinski definition) is 3. The van der Waals surface area contributed by atoms with Gasteiger partial charge in [0.15, 0.2) is 5.75 Å². The summed E-state index contributed by atoms with van der Waals surface area (Å²) in [6, 6.07) is 48.2. The third kappa shape index (κ3) is 3.29. The molecule has 0 atom stereocenters. The fraction of sp³-hybridized carbons (Fsp3) is 0. The highest BCUT2D eigenvalue weighted by Crippen LogP contribution is 2.50. The smallest absolute Gasteiger partial charge is 0.235 e. The first-order chi connectivity index (χ1) is 20.8. The third-order valence-corrected chi connectivity index (χ3v) is 8.24. The van der Waals surface area contributed by atoms with Crippen molar-refractivity contribution in [3.05, 3.63) is 140 Å². The molecule has 6 aromatic carbocycles. The Morgan fingerprint density at radius 2 is 1.14 bits per heavy atom. The SMILES string of the molecule is c1ccc(-c2nc(-n3c4ccccc4c4ccc5c(c43)Oc3ccccc3-c3ccccc3-5)nc3ccccc23)cc1. The van der Waals surface area contributed by atoms with E-state index in [4.69, 9.17) is 14.7 Å². The van der Waals surface area contributed by atoms with E-state index in [2.05, 4.69) is 114 Å². The summed E-state index contributed by atoms with van der Waals surface area (Å²) in [7, 11) is 0. The Morgan fingerprint density at radius 1 is 0.476 bits per heavy atom. The number of fused-ring (bicyclic) bond motifs is 10. The number of ether oxygens (including phenoxy) is 1. The van der Waals surface area contributed by atoms with Crippen LogP contribution in [0, 0.1) is 0 Å². The molecule has 3 heterocycles. The lowest BCUT2D eigenvalue weighted by molar-refractivity contribution is 0.491. The van der Waals surface area contributed by atoms with E-state index < -0.39 is 0 Å². The minimum atomic E-state index is 0.613. The summed E-state index contributed by atoms with van der Waals surface area (Å²) in [5.74, 6) is 2.25. The molecule has 0 spiro atoms. The first-order valence-electron chi connectivity index (χ1n) is 14.1. The van der Waals surface area contributed by atoms with Crippen LogP contribution in [0.5, 0.6) is 11.5 Å². The molecule has 9 rings (SSSR count). The largest absolute Gasteiger partial charge is 0.454 e. The molecule has 2 aromatic heterocycles. The van der Waals surface area contributed by atoms with Gasteiger partial charge in [0.2, 0.25) is 5.95 Å². The van der Waals surface area contributed by atoms with Crippen LogP contribution in [0.4, 0.5) is 0 Å². The van der Waals surface area contributed by atoms with E-state index in [-0.39, 0.29) is 0 Å². The molecule has 0 amide bonds. The molecule has 1 aliphatic heterocycles. The Balaban J connectivity index is 1.44. The quantitative estimate of drug-likeness (QED) is 0.220. The zero-order valence-electron chi connectivity index (χ0n) is 22.5. The molecule has 8 aromatic rings. The summed E-state index contributed by atoms with van der Waals surface area (Å²) >= 11 is 0. The van der Waals surface area contributed by atoms with Crippen LogP contribution in [0.25, 0.3) is 72.2 Å². The molecule has 196 valence electrons. The maximum absolute atomic E-state index is 6.92. The Labute approximate surface area is 242 Å². The second-order valence-electron chi connectivity index (χ2n) is 10.6. The Morgan fingerprint density at radius 3 is 2.00 bits per heavy atom. The highest BCUT2D eigenvalue weighted by Gasteiger charge is 2.26. The van der Waals surface area contributed by atoms with Crippen molar-refractivity contribution in [1.29, 1.82) is 0 Å². The number of rotatable bonds is 2. The van der Waals surface area contributed by atoms with E-state index in [9.17, 15) is 0 Å². The van der Waals surface area contributed by atoms with Crippen LogP contribution in [0.1, 0.15) is 0 Å². The van der Waals surface area contributed by atoms with Gasteiger partial charge in [-0.3, -0.25) is 4.57 Å². The molecule has 0 fully saturated rings. The first kappa shape index (κ1) is 23.0. The van der Waals surface area contributed by atoms with E-state index in [1.807, 2.05) is 30.3 Å². The summed E-state index contributed by atoms with van der Waals surface area (Å²) in [6.45, 7) is 0. The van der Waals surface area contributed by atoms with Gasteiger partial charge in [0.1, 0.15) is 11.3 Å². The molecule has 0 saturated carbocycles. The normalized spacial score (nSPS) is 12.0. The predicted octanol–water partition coefficient (Wildman–Crippen LogP) is 9.83. The van der Waals surface area contributed by atoms with Crippen LogP contribution in [0.3, 0.4) is 0 Å². The van der Waals surface area contributed by atoms with Gasteiger partial charge >= 0.3 is 0 Å². The van der Waals surface area contributed by atoms with Crippen molar-refractivity contribution in [2.75, 3.05) is 0 Å². The molecular weight excluding hydrogens is 514 g/mol. The number of nitrogens with zero attached hydrogens (tertiary/aromatic N) is 3. The van der Waals surface area contributed by atoms with Gasteiger partial charge in [0.25, 0.3) is 0 Å². The van der Waals surface area contributed by atoms with Gasteiger partial charge in [0, 0.05) is 32.8 Å². The van der Waals surface area contributed by atoms with Crippen molar-refractivity contribution in [1.82, 2.24) is 14.5 Å². The number of para-hydroxylation sites is 3. The molecule has 42 heavy (non-hydrogen) atoms. The van der Waals surface area contributed by atoms with Crippen molar-refractivity contribution >= 4 is 32.7 Å². The minimum absolute atomic E-state index is 0.613. The molecule has 0 aliphatic carbocycles. The van der Waals surface area contributed by atoms with Crippen LogP contribution in [0.2, 0.25) is 0 Å². The van der Waals surface area contributed by atoms with E-state index in [1.165, 1.54) is 0 Å². The summed E-state index contributed by atoms with van der Waals surface area (Å²) in [6.07, 6.45) is 0. The van der Waals surface area contributed by atoms with E-state index in [0.717, 1.165) is 77.7 Å². The van der Waals surface area contributed by atoms with Gasteiger partial charge < -0.3 is 4.74 Å².